The van der Waals surface area contributed by atoms with Crippen LogP contribution in [-0.2, 0) is 23.8 Å². The Morgan fingerprint density at radius 2 is 1.54 bits per heavy atom. The molecule has 0 heterocycles. The summed E-state index contributed by atoms with van der Waals surface area (Å²) in [6.45, 7) is 4.03. The van der Waals surface area contributed by atoms with E-state index in [1.165, 1.54) is 18.9 Å². The van der Waals surface area contributed by atoms with E-state index < -0.39 is 11.9 Å². The van der Waals surface area contributed by atoms with E-state index in [-0.39, 0.29) is 30.4 Å². The van der Waals surface area contributed by atoms with Gasteiger partial charge < -0.3 is 24.8 Å². The first kappa shape index (κ1) is 23.9. The third-order valence-corrected chi connectivity index (χ3v) is 4.52. The minimum absolute atomic E-state index is 0.0997. The van der Waals surface area contributed by atoms with Gasteiger partial charge in [0, 0.05) is 31.2 Å². The smallest absolute Gasteiger partial charge is 0.339 e. The van der Waals surface area contributed by atoms with E-state index in [2.05, 4.69) is 10.6 Å². The summed E-state index contributed by atoms with van der Waals surface area (Å²) in [4.78, 5) is 36.7. The summed E-state index contributed by atoms with van der Waals surface area (Å²) in [5.41, 5.74) is 0.308. The van der Waals surface area contributed by atoms with Crippen LogP contribution in [0.1, 0.15) is 24.2 Å². The van der Waals surface area contributed by atoms with Crippen molar-refractivity contribution in [3.63, 3.8) is 0 Å². The lowest BCUT2D eigenvalue weighted by atomic mass is 10.2. The van der Waals surface area contributed by atoms with Gasteiger partial charge in [0.25, 0.3) is 5.91 Å². The minimum atomic E-state index is -0.620. The maximum absolute atomic E-state index is 12.3. The van der Waals surface area contributed by atoms with Crippen molar-refractivity contribution in [2.75, 3.05) is 39.8 Å². The summed E-state index contributed by atoms with van der Waals surface area (Å²) in [5.74, 6) is -1.04. The fraction of sp³-hybridized carbons (Fsp3) is 0.526. The Hall–Kier alpha value is -2.10. The van der Waals surface area contributed by atoms with Crippen LogP contribution >= 0.6 is 11.8 Å². The molecule has 2 amide bonds. The SMILES string of the molecule is COCC(C)NC(=O)COC(=O)c1ccccc1SCC(=O)NC(C)COC. The molecule has 0 bridgehead atoms. The Bertz CT molecular complexity index is 655. The molecule has 0 aliphatic carbocycles. The molecule has 28 heavy (non-hydrogen) atoms. The number of esters is 1. The molecule has 0 saturated carbocycles. The van der Waals surface area contributed by atoms with Crippen LogP contribution in [0, 0.1) is 0 Å². The van der Waals surface area contributed by atoms with Gasteiger partial charge in [0.1, 0.15) is 0 Å². The maximum atomic E-state index is 12.3. The van der Waals surface area contributed by atoms with E-state index in [9.17, 15) is 14.4 Å². The van der Waals surface area contributed by atoms with Gasteiger partial charge in [-0.2, -0.15) is 0 Å². The van der Waals surface area contributed by atoms with Crippen molar-refractivity contribution in [1.29, 1.82) is 0 Å². The lowest BCUT2D eigenvalue weighted by Gasteiger charge is -2.14. The van der Waals surface area contributed by atoms with E-state index in [4.69, 9.17) is 14.2 Å². The zero-order valence-electron chi connectivity index (χ0n) is 16.7. The van der Waals surface area contributed by atoms with Crippen LogP contribution in [-0.4, -0.2) is 69.7 Å². The zero-order valence-corrected chi connectivity index (χ0v) is 17.5. The van der Waals surface area contributed by atoms with E-state index >= 15 is 0 Å². The van der Waals surface area contributed by atoms with Gasteiger partial charge in [0.2, 0.25) is 5.91 Å². The molecule has 0 aromatic heterocycles. The first-order valence-corrected chi connectivity index (χ1v) is 9.81. The number of ether oxygens (including phenoxy) is 3. The summed E-state index contributed by atoms with van der Waals surface area (Å²) < 4.78 is 15.0. The van der Waals surface area contributed by atoms with Gasteiger partial charge >= 0.3 is 5.97 Å². The molecule has 2 unspecified atom stereocenters. The van der Waals surface area contributed by atoms with Crippen LogP contribution in [0.15, 0.2) is 29.2 Å². The lowest BCUT2D eigenvalue weighted by Crippen LogP contribution is -2.38. The normalized spacial score (nSPS) is 12.7. The first-order chi connectivity index (χ1) is 13.4. The highest BCUT2D eigenvalue weighted by Crippen LogP contribution is 2.23. The van der Waals surface area contributed by atoms with Gasteiger partial charge in [0.05, 0.1) is 24.5 Å². The quantitative estimate of drug-likeness (QED) is 0.393. The van der Waals surface area contributed by atoms with Crippen LogP contribution in [0.4, 0.5) is 0 Å². The monoisotopic (exact) mass is 412 g/mol. The molecule has 0 spiro atoms. The molecule has 156 valence electrons. The molecular weight excluding hydrogens is 384 g/mol. The Balaban J connectivity index is 2.56. The fourth-order valence-electron chi connectivity index (χ4n) is 2.33. The molecule has 0 fully saturated rings. The van der Waals surface area contributed by atoms with Gasteiger partial charge in [-0.15, -0.1) is 11.8 Å². The summed E-state index contributed by atoms with van der Waals surface area (Å²) in [7, 11) is 3.10. The highest BCUT2D eigenvalue weighted by atomic mass is 32.2. The summed E-state index contributed by atoms with van der Waals surface area (Å²) in [5, 5.41) is 5.47. The molecule has 2 atom stereocenters. The summed E-state index contributed by atoms with van der Waals surface area (Å²) >= 11 is 1.22. The molecule has 2 N–H and O–H groups in total. The van der Waals surface area contributed by atoms with E-state index in [1.54, 1.807) is 38.3 Å². The van der Waals surface area contributed by atoms with Crippen molar-refractivity contribution in [2.24, 2.45) is 0 Å². The molecule has 1 aromatic rings. The molecule has 8 nitrogen and oxygen atoms in total. The Kier molecular flexibility index (Phi) is 11.2. The third-order valence-electron chi connectivity index (χ3n) is 3.45. The Labute approximate surface area is 169 Å². The van der Waals surface area contributed by atoms with E-state index in [0.717, 1.165) is 0 Å². The van der Waals surface area contributed by atoms with Crippen LogP contribution in [0.2, 0.25) is 0 Å². The number of carbonyl (C=O) groups is 3. The van der Waals surface area contributed by atoms with Crippen molar-refractivity contribution in [1.82, 2.24) is 10.6 Å². The fourth-order valence-corrected chi connectivity index (χ4v) is 3.18. The molecule has 0 aliphatic heterocycles. The highest BCUT2D eigenvalue weighted by molar-refractivity contribution is 8.00. The molecule has 0 radical (unpaired) electrons. The van der Waals surface area contributed by atoms with Crippen molar-refractivity contribution in [3.8, 4) is 0 Å². The summed E-state index contributed by atoms with van der Waals surface area (Å²) in [6, 6.07) is 6.51. The molecule has 9 heteroatoms. The van der Waals surface area contributed by atoms with Gasteiger partial charge in [-0.25, -0.2) is 4.79 Å². The highest BCUT2D eigenvalue weighted by Gasteiger charge is 2.16. The maximum Gasteiger partial charge on any atom is 0.339 e. The largest absolute Gasteiger partial charge is 0.452 e. The number of amides is 2. The Morgan fingerprint density at radius 1 is 0.964 bits per heavy atom. The van der Waals surface area contributed by atoms with Crippen molar-refractivity contribution < 1.29 is 28.6 Å². The van der Waals surface area contributed by atoms with Crippen LogP contribution in [0.3, 0.4) is 0 Å². The molecule has 0 saturated heterocycles. The minimum Gasteiger partial charge on any atom is -0.452 e. The predicted octanol–water partition coefficient (Wildman–Crippen LogP) is 1.24. The van der Waals surface area contributed by atoms with Crippen LogP contribution in [0.5, 0.6) is 0 Å². The molecule has 1 aromatic carbocycles. The van der Waals surface area contributed by atoms with Crippen molar-refractivity contribution in [3.05, 3.63) is 29.8 Å². The first-order valence-electron chi connectivity index (χ1n) is 8.82. The Morgan fingerprint density at radius 3 is 2.14 bits per heavy atom. The van der Waals surface area contributed by atoms with Crippen molar-refractivity contribution in [2.45, 2.75) is 30.8 Å². The summed E-state index contributed by atoms with van der Waals surface area (Å²) in [6.07, 6.45) is 0. The molecule has 1 rings (SSSR count). The van der Waals surface area contributed by atoms with Crippen LogP contribution < -0.4 is 10.6 Å². The van der Waals surface area contributed by atoms with Crippen LogP contribution in [0.25, 0.3) is 0 Å². The second-order valence-corrected chi connectivity index (χ2v) is 7.23. The molecule has 0 aliphatic rings. The number of carbonyl (C=O) groups excluding carboxylic acids is 3. The van der Waals surface area contributed by atoms with Crippen molar-refractivity contribution >= 4 is 29.5 Å². The average Bonchev–Trinajstić information content (AvgIpc) is 2.65. The lowest BCUT2D eigenvalue weighted by molar-refractivity contribution is -0.125. The number of thioether (sulfide) groups is 1. The number of nitrogens with one attached hydrogen (secondary N) is 2. The standard InChI is InChI=1S/C19H28N2O6S/c1-13(9-25-3)20-17(22)11-27-19(24)15-7-5-6-8-16(15)28-12-18(23)21-14(2)10-26-4/h5-8,13-14H,9-12H2,1-4H3,(H,20,22)(H,21,23). The molecular formula is C19H28N2O6S. The third kappa shape index (κ3) is 9.20. The zero-order chi connectivity index (χ0) is 20.9. The second kappa shape index (κ2) is 13.1. The van der Waals surface area contributed by atoms with Gasteiger partial charge in [-0.3, -0.25) is 9.59 Å². The number of methoxy groups -OCH3 is 2. The predicted molar refractivity (Wildman–Crippen MR) is 106 cm³/mol. The number of hydrogen-bond acceptors (Lipinski definition) is 7. The van der Waals surface area contributed by atoms with E-state index in [0.29, 0.717) is 23.7 Å². The van der Waals surface area contributed by atoms with Gasteiger partial charge in [-0.1, -0.05) is 12.1 Å². The van der Waals surface area contributed by atoms with E-state index in [1.807, 2.05) is 6.92 Å². The topological polar surface area (TPSA) is 103 Å². The number of hydrogen-bond donors (Lipinski definition) is 2. The number of benzene rings is 1. The second-order valence-electron chi connectivity index (χ2n) is 6.21. The number of rotatable bonds is 12. The van der Waals surface area contributed by atoms with Gasteiger partial charge in [0.15, 0.2) is 6.61 Å². The average molecular weight is 413 g/mol. The van der Waals surface area contributed by atoms with Gasteiger partial charge in [-0.05, 0) is 26.0 Å².